The maximum absolute atomic E-state index is 12.1. The number of fused-ring (bicyclic) bond motifs is 1. The van der Waals surface area contributed by atoms with Crippen molar-refractivity contribution in [3.63, 3.8) is 0 Å². The van der Waals surface area contributed by atoms with Gasteiger partial charge in [0, 0.05) is 30.8 Å². The molecule has 0 amide bonds. The van der Waals surface area contributed by atoms with Crippen molar-refractivity contribution < 1.29 is 9.53 Å². The number of benzene rings is 1. The standard InChI is InChI=1S/C16H21NO2/c1-12-8-9-13(19-12)11-17-10-4-7-16(18)14-5-2-3-6-15(14)17/h2-3,5-6,12-13H,4,7-11H2,1H3. The maximum Gasteiger partial charge on any atom is 0.165 e. The molecule has 0 N–H and O–H groups in total. The van der Waals surface area contributed by atoms with Gasteiger partial charge >= 0.3 is 0 Å². The number of carbonyl (C=O) groups excluding carboxylic acids is 1. The number of ether oxygens (including phenoxy) is 1. The zero-order chi connectivity index (χ0) is 13.2. The fourth-order valence-electron chi connectivity index (χ4n) is 3.13. The number of carbonyl (C=O) groups is 1. The van der Waals surface area contributed by atoms with E-state index >= 15 is 0 Å². The van der Waals surface area contributed by atoms with Crippen LogP contribution in [0.1, 0.15) is 43.0 Å². The van der Waals surface area contributed by atoms with Crippen molar-refractivity contribution in [2.24, 2.45) is 0 Å². The Labute approximate surface area is 114 Å². The molecule has 3 rings (SSSR count). The summed E-state index contributed by atoms with van der Waals surface area (Å²) in [7, 11) is 0. The Morgan fingerprint density at radius 1 is 1.32 bits per heavy atom. The highest BCUT2D eigenvalue weighted by Gasteiger charge is 2.27. The average Bonchev–Trinajstić information content (AvgIpc) is 2.75. The molecule has 0 saturated carbocycles. The SMILES string of the molecule is CC1CCC(CN2CCCC(=O)c3ccccc32)O1. The van der Waals surface area contributed by atoms with E-state index in [1.807, 2.05) is 18.2 Å². The first-order valence-corrected chi connectivity index (χ1v) is 7.26. The van der Waals surface area contributed by atoms with Crippen LogP contribution in [0.4, 0.5) is 5.69 Å². The van der Waals surface area contributed by atoms with E-state index < -0.39 is 0 Å². The molecule has 2 unspecified atom stereocenters. The lowest BCUT2D eigenvalue weighted by Gasteiger charge is -2.27. The minimum absolute atomic E-state index is 0.277. The minimum atomic E-state index is 0.277. The molecule has 2 aliphatic rings. The van der Waals surface area contributed by atoms with Crippen molar-refractivity contribution in [2.75, 3.05) is 18.0 Å². The van der Waals surface area contributed by atoms with E-state index in [2.05, 4.69) is 17.9 Å². The van der Waals surface area contributed by atoms with Gasteiger partial charge in [0.1, 0.15) is 0 Å². The fourth-order valence-corrected chi connectivity index (χ4v) is 3.13. The molecule has 1 aromatic rings. The second-order valence-corrected chi connectivity index (χ2v) is 5.64. The maximum atomic E-state index is 12.1. The van der Waals surface area contributed by atoms with E-state index in [1.54, 1.807) is 0 Å². The lowest BCUT2D eigenvalue weighted by atomic mass is 10.1. The van der Waals surface area contributed by atoms with Crippen LogP contribution in [0, 0.1) is 0 Å². The summed E-state index contributed by atoms with van der Waals surface area (Å²) in [5, 5.41) is 0. The van der Waals surface area contributed by atoms with Gasteiger partial charge in [0.2, 0.25) is 0 Å². The van der Waals surface area contributed by atoms with Crippen LogP contribution in [-0.2, 0) is 4.74 Å². The molecule has 102 valence electrons. The molecule has 1 fully saturated rings. The predicted molar refractivity (Wildman–Crippen MR) is 75.8 cm³/mol. The lowest BCUT2D eigenvalue weighted by Crippen LogP contribution is -2.33. The second kappa shape index (κ2) is 5.33. The number of anilines is 1. The van der Waals surface area contributed by atoms with Gasteiger partial charge in [0.05, 0.1) is 12.2 Å². The van der Waals surface area contributed by atoms with E-state index in [9.17, 15) is 4.79 Å². The number of nitrogens with zero attached hydrogens (tertiary/aromatic N) is 1. The van der Waals surface area contributed by atoms with Gasteiger partial charge in [-0.05, 0) is 38.3 Å². The molecule has 0 aliphatic carbocycles. The van der Waals surface area contributed by atoms with E-state index in [1.165, 1.54) is 0 Å². The van der Waals surface area contributed by atoms with Crippen molar-refractivity contribution in [1.82, 2.24) is 0 Å². The third kappa shape index (κ3) is 2.66. The van der Waals surface area contributed by atoms with Gasteiger partial charge in [-0.25, -0.2) is 0 Å². The Kier molecular flexibility index (Phi) is 3.56. The van der Waals surface area contributed by atoms with Crippen molar-refractivity contribution >= 4 is 11.5 Å². The summed E-state index contributed by atoms with van der Waals surface area (Å²) in [5.74, 6) is 0.277. The summed E-state index contributed by atoms with van der Waals surface area (Å²) in [5.41, 5.74) is 1.97. The third-order valence-electron chi connectivity index (χ3n) is 4.12. The first-order valence-electron chi connectivity index (χ1n) is 7.26. The summed E-state index contributed by atoms with van der Waals surface area (Å²) < 4.78 is 5.92. The summed E-state index contributed by atoms with van der Waals surface area (Å²) in [6.07, 6.45) is 4.59. The molecular weight excluding hydrogens is 238 g/mol. The molecule has 19 heavy (non-hydrogen) atoms. The molecule has 2 atom stereocenters. The quantitative estimate of drug-likeness (QED) is 0.817. The second-order valence-electron chi connectivity index (χ2n) is 5.64. The van der Waals surface area contributed by atoms with Crippen LogP contribution in [0.15, 0.2) is 24.3 Å². The van der Waals surface area contributed by atoms with Crippen LogP contribution in [-0.4, -0.2) is 31.1 Å². The molecule has 3 heteroatoms. The van der Waals surface area contributed by atoms with Crippen molar-refractivity contribution in [3.8, 4) is 0 Å². The molecule has 3 nitrogen and oxygen atoms in total. The highest BCUT2D eigenvalue weighted by molar-refractivity contribution is 6.01. The third-order valence-corrected chi connectivity index (χ3v) is 4.12. The smallest absolute Gasteiger partial charge is 0.165 e. The predicted octanol–water partition coefficient (Wildman–Crippen LogP) is 3.04. The number of hydrogen-bond donors (Lipinski definition) is 0. The Balaban J connectivity index is 1.81. The number of hydrogen-bond acceptors (Lipinski definition) is 3. The first kappa shape index (κ1) is 12.7. The van der Waals surface area contributed by atoms with E-state index in [-0.39, 0.29) is 5.78 Å². The summed E-state index contributed by atoms with van der Waals surface area (Å²) in [6.45, 7) is 4.01. The van der Waals surface area contributed by atoms with Gasteiger partial charge in [-0.2, -0.15) is 0 Å². The molecule has 1 saturated heterocycles. The number of Topliss-reactive ketones (excluding diaryl/α,β-unsaturated/α-hetero) is 1. The van der Waals surface area contributed by atoms with Crippen molar-refractivity contribution in [3.05, 3.63) is 29.8 Å². The molecular formula is C16H21NO2. The molecule has 0 aromatic heterocycles. The van der Waals surface area contributed by atoms with Gasteiger partial charge in [-0.1, -0.05) is 12.1 Å². The number of rotatable bonds is 2. The van der Waals surface area contributed by atoms with Crippen LogP contribution < -0.4 is 4.90 Å². The molecule has 0 bridgehead atoms. The lowest BCUT2D eigenvalue weighted by molar-refractivity contribution is 0.0600. The number of ketones is 1. The van der Waals surface area contributed by atoms with Crippen LogP contribution in [0.5, 0.6) is 0 Å². The summed E-state index contributed by atoms with van der Waals surface area (Å²) in [4.78, 5) is 14.4. The molecule has 2 aliphatic heterocycles. The number of para-hydroxylation sites is 1. The first-order chi connectivity index (χ1) is 9.24. The highest BCUT2D eigenvalue weighted by atomic mass is 16.5. The Morgan fingerprint density at radius 3 is 2.95 bits per heavy atom. The van der Waals surface area contributed by atoms with E-state index in [4.69, 9.17) is 4.74 Å². The zero-order valence-corrected chi connectivity index (χ0v) is 11.5. The van der Waals surface area contributed by atoms with Gasteiger partial charge < -0.3 is 9.64 Å². The summed E-state index contributed by atoms with van der Waals surface area (Å²) in [6, 6.07) is 7.99. The molecule has 1 aromatic carbocycles. The van der Waals surface area contributed by atoms with Crippen LogP contribution >= 0.6 is 0 Å². The van der Waals surface area contributed by atoms with Crippen LogP contribution in [0.25, 0.3) is 0 Å². The average molecular weight is 259 g/mol. The van der Waals surface area contributed by atoms with Crippen LogP contribution in [0.2, 0.25) is 0 Å². The van der Waals surface area contributed by atoms with Gasteiger partial charge in [0.15, 0.2) is 5.78 Å². The molecule has 2 heterocycles. The van der Waals surface area contributed by atoms with Crippen molar-refractivity contribution in [2.45, 2.75) is 44.8 Å². The Bertz CT molecular complexity index is 472. The fraction of sp³-hybridized carbons (Fsp3) is 0.562. The monoisotopic (exact) mass is 259 g/mol. The van der Waals surface area contributed by atoms with Gasteiger partial charge in [-0.3, -0.25) is 4.79 Å². The topological polar surface area (TPSA) is 29.5 Å². The minimum Gasteiger partial charge on any atom is -0.373 e. The van der Waals surface area contributed by atoms with Gasteiger partial charge in [0.25, 0.3) is 0 Å². The van der Waals surface area contributed by atoms with Gasteiger partial charge in [-0.15, -0.1) is 0 Å². The normalized spacial score (nSPS) is 27.2. The Morgan fingerprint density at radius 2 is 2.16 bits per heavy atom. The molecule has 0 spiro atoms. The van der Waals surface area contributed by atoms with Crippen molar-refractivity contribution in [1.29, 1.82) is 0 Å². The zero-order valence-electron chi connectivity index (χ0n) is 11.5. The van der Waals surface area contributed by atoms with E-state index in [0.29, 0.717) is 18.6 Å². The largest absolute Gasteiger partial charge is 0.373 e. The molecule has 0 radical (unpaired) electrons. The van der Waals surface area contributed by atoms with Crippen LogP contribution in [0.3, 0.4) is 0 Å². The summed E-state index contributed by atoms with van der Waals surface area (Å²) >= 11 is 0. The highest BCUT2D eigenvalue weighted by Crippen LogP contribution is 2.28. The van der Waals surface area contributed by atoms with E-state index in [0.717, 1.165) is 43.6 Å². The Hall–Kier alpha value is -1.35.